The molecule has 2 N–H and O–H groups in total. The van der Waals surface area contributed by atoms with Crippen LogP contribution in [0.5, 0.6) is 11.6 Å². The maximum absolute atomic E-state index is 13.8. The topological polar surface area (TPSA) is 106 Å². The van der Waals surface area contributed by atoms with Crippen molar-refractivity contribution >= 4 is 11.8 Å². The molecule has 11 heteroatoms. The standard InChI is InChI=1S/C32H35F2N5O4/c1-3-42-29-24(8-5-12-36-29)25-9-10-26(27(38-25)28(40)37-22-11-13-35-17-22)43-23-15-32(16-23)18-39(19-32)30(41)20-6-4-7-21(14-20)31(2,33)34/h4-10,12,14,22-23,35H,3,11,13,15-19H2,1-2H3,(H,37,40)/t22-/m1/s1. The number of alkyl halides is 2. The van der Waals surface area contributed by atoms with Crippen LogP contribution in [0.1, 0.15) is 59.5 Å². The molecular formula is C32H35F2N5O4. The van der Waals surface area contributed by atoms with Crippen LogP contribution in [0.4, 0.5) is 8.78 Å². The molecular weight excluding hydrogens is 556 g/mol. The number of hydrogen-bond donors (Lipinski definition) is 2. The fourth-order valence-corrected chi connectivity index (χ4v) is 6.17. The number of pyridine rings is 2. The summed E-state index contributed by atoms with van der Waals surface area (Å²) in [7, 11) is 0. The lowest BCUT2D eigenvalue weighted by molar-refractivity contribution is -0.103. The maximum atomic E-state index is 13.8. The molecule has 0 unspecified atom stereocenters. The Kier molecular flexibility index (Phi) is 7.76. The molecule has 6 rings (SSSR count). The monoisotopic (exact) mass is 591 g/mol. The Morgan fingerprint density at radius 3 is 2.70 bits per heavy atom. The number of benzene rings is 1. The van der Waals surface area contributed by atoms with Crippen LogP contribution in [0, 0.1) is 5.41 Å². The Labute approximate surface area is 249 Å². The summed E-state index contributed by atoms with van der Waals surface area (Å²) in [6.07, 6.45) is 3.79. The van der Waals surface area contributed by atoms with Crippen LogP contribution in [0.3, 0.4) is 0 Å². The first-order valence-corrected chi connectivity index (χ1v) is 14.7. The number of ether oxygens (including phenoxy) is 2. The molecule has 43 heavy (non-hydrogen) atoms. The Hall–Kier alpha value is -4.12. The molecule has 3 aliphatic rings. The van der Waals surface area contributed by atoms with Crippen LogP contribution >= 0.6 is 0 Å². The predicted molar refractivity (Wildman–Crippen MR) is 155 cm³/mol. The van der Waals surface area contributed by atoms with Gasteiger partial charge in [0.1, 0.15) is 6.10 Å². The van der Waals surface area contributed by atoms with Crippen molar-refractivity contribution in [3.63, 3.8) is 0 Å². The van der Waals surface area contributed by atoms with Crippen molar-refractivity contribution in [2.24, 2.45) is 5.41 Å². The smallest absolute Gasteiger partial charge is 0.274 e. The normalized spacial score (nSPS) is 19.4. The molecule has 226 valence electrons. The highest BCUT2D eigenvalue weighted by Crippen LogP contribution is 2.50. The highest BCUT2D eigenvalue weighted by molar-refractivity contribution is 5.96. The van der Waals surface area contributed by atoms with E-state index in [0.717, 1.165) is 32.7 Å². The number of hydrogen-bond acceptors (Lipinski definition) is 7. The number of nitrogens with zero attached hydrogens (tertiary/aromatic N) is 3. The van der Waals surface area contributed by atoms with Gasteiger partial charge in [-0.05, 0) is 69.1 Å². The zero-order valence-corrected chi connectivity index (χ0v) is 24.2. The fourth-order valence-electron chi connectivity index (χ4n) is 6.17. The number of halogens is 2. The SMILES string of the molecule is CCOc1ncccc1-c1ccc(OC2CC3(C2)CN(C(=O)c2cccc(C(C)(F)F)c2)C3)c(C(=O)N[C@@H]2CCNC2)n1. The average molecular weight is 592 g/mol. The lowest BCUT2D eigenvalue weighted by Crippen LogP contribution is -2.65. The summed E-state index contributed by atoms with van der Waals surface area (Å²) in [4.78, 5) is 37.1. The van der Waals surface area contributed by atoms with Gasteiger partial charge >= 0.3 is 0 Å². The first-order chi connectivity index (χ1) is 20.6. The molecule has 0 radical (unpaired) electrons. The summed E-state index contributed by atoms with van der Waals surface area (Å²) < 4.78 is 39.5. The third kappa shape index (κ3) is 6.04. The van der Waals surface area contributed by atoms with Gasteiger partial charge in [0.15, 0.2) is 11.4 Å². The number of aromatic nitrogens is 2. The van der Waals surface area contributed by atoms with Gasteiger partial charge in [0.25, 0.3) is 17.7 Å². The van der Waals surface area contributed by atoms with Crippen LogP contribution in [-0.4, -0.2) is 71.6 Å². The molecule has 9 nitrogen and oxygen atoms in total. The number of likely N-dealkylation sites (tertiary alicyclic amines) is 1. The molecule has 1 saturated carbocycles. The highest BCUT2D eigenvalue weighted by Gasteiger charge is 2.55. The van der Waals surface area contributed by atoms with Crippen LogP contribution < -0.4 is 20.1 Å². The molecule has 1 aliphatic carbocycles. The zero-order valence-electron chi connectivity index (χ0n) is 24.2. The molecule has 0 bridgehead atoms. The largest absolute Gasteiger partial charge is 0.488 e. The summed E-state index contributed by atoms with van der Waals surface area (Å²) in [5.74, 6) is -2.72. The zero-order chi connectivity index (χ0) is 30.2. The molecule has 2 aromatic heterocycles. The number of nitrogens with one attached hydrogen (secondary N) is 2. The minimum atomic E-state index is -3.01. The van der Waals surface area contributed by atoms with Crippen LogP contribution in [0.2, 0.25) is 0 Å². The van der Waals surface area contributed by atoms with Gasteiger partial charge < -0.3 is 25.0 Å². The second-order valence-corrected chi connectivity index (χ2v) is 11.8. The lowest BCUT2D eigenvalue weighted by atomic mass is 9.61. The van der Waals surface area contributed by atoms with E-state index < -0.39 is 5.92 Å². The van der Waals surface area contributed by atoms with Gasteiger partial charge in [0, 0.05) is 55.3 Å². The van der Waals surface area contributed by atoms with Crippen molar-refractivity contribution in [2.75, 3.05) is 32.8 Å². The van der Waals surface area contributed by atoms with Crippen molar-refractivity contribution < 1.29 is 27.8 Å². The molecule has 1 spiro atoms. The highest BCUT2D eigenvalue weighted by atomic mass is 19.3. The van der Waals surface area contributed by atoms with Gasteiger partial charge in [0.2, 0.25) is 5.88 Å². The van der Waals surface area contributed by atoms with Gasteiger partial charge in [-0.3, -0.25) is 9.59 Å². The Morgan fingerprint density at radius 2 is 1.98 bits per heavy atom. The molecule has 4 heterocycles. The molecule has 2 aliphatic heterocycles. The Balaban J connectivity index is 1.14. The van der Waals surface area contributed by atoms with Crippen molar-refractivity contribution in [1.29, 1.82) is 0 Å². The third-order valence-electron chi connectivity index (χ3n) is 8.37. The Bertz CT molecular complexity index is 1510. The fraction of sp³-hybridized carbons (Fsp3) is 0.438. The molecule has 2 amide bonds. The number of carbonyl (C=O) groups is 2. The first-order valence-electron chi connectivity index (χ1n) is 14.7. The van der Waals surface area contributed by atoms with E-state index in [1.54, 1.807) is 35.4 Å². The maximum Gasteiger partial charge on any atom is 0.274 e. The van der Waals surface area contributed by atoms with E-state index in [0.29, 0.717) is 49.1 Å². The summed E-state index contributed by atoms with van der Waals surface area (Å²) in [6, 6.07) is 12.9. The van der Waals surface area contributed by atoms with Crippen LogP contribution in [0.15, 0.2) is 54.7 Å². The molecule has 2 saturated heterocycles. The summed E-state index contributed by atoms with van der Waals surface area (Å²) in [5, 5.41) is 6.32. The van der Waals surface area contributed by atoms with Gasteiger partial charge in [-0.15, -0.1) is 0 Å². The van der Waals surface area contributed by atoms with E-state index in [9.17, 15) is 18.4 Å². The van der Waals surface area contributed by atoms with E-state index in [2.05, 4.69) is 15.6 Å². The summed E-state index contributed by atoms with van der Waals surface area (Å²) >= 11 is 0. The van der Waals surface area contributed by atoms with E-state index in [1.165, 1.54) is 18.2 Å². The number of carbonyl (C=O) groups excluding carboxylic acids is 2. The second-order valence-electron chi connectivity index (χ2n) is 11.8. The average Bonchev–Trinajstić information content (AvgIpc) is 3.46. The van der Waals surface area contributed by atoms with Crippen LogP contribution in [-0.2, 0) is 5.92 Å². The number of rotatable bonds is 9. The van der Waals surface area contributed by atoms with Crippen molar-refractivity contribution in [1.82, 2.24) is 25.5 Å². The molecule has 1 atom stereocenters. The van der Waals surface area contributed by atoms with Crippen molar-refractivity contribution in [2.45, 2.75) is 51.2 Å². The molecule has 1 aromatic carbocycles. The number of amides is 2. The van der Waals surface area contributed by atoms with Gasteiger partial charge in [-0.25, -0.2) is 18.7 Å². The van der Waals surface area contributed by atoms with E-state index in [1.807, 2.05) is 13.0 Å². The van der Waals surface area contributed by atoms with Gasteiger partial charge in [-0.1, -0.05) is 12.1 Å². The predicted octanol–water partition coefficient (Wildman–Crippen LogP) is 4.43. The van der Waals surface area contributed by atoms with E-state index in [-0.39, 0.29) is 46.2 Å². The lowest BCUT2D eigenvalue weighted by Gasteiger charge is -2.58. The summed E-state index contributed by atoms with van der Waals surface area (Å²) in [5.41, 5.74) is 1.47. The van der Waals surface area contributed by atoms with E-state index in [4.69, 9.17) is 14.5 Å². The van der Waals surface area contributed by atoms with Gasteiger partial charge in [0.05, 0.1) is 17.9 Å². The first kappa shape index (κ1) is 29.0. The van der Waals surface area contributed by atoms with Crippen molar-refractivity contribution in [3.8, 4) is 22.9 Å². The quantitative estimate of drug-likeness (QED) is 0.379. The van der Waals surface area contributed by atoms with Crippen molar-refractivity contribution in [3.05, 3.63) is 71.5 Å². The third-order valence-corrected chi connectivity index (χ3v) is 8.37. The Morgan fingerprint density at radius 1 is 1.16 bits per heavy atom. The minimum Gasteiger partial charge on any atom is -0.488 e. The summed E-state index contributed by atoms with van der Waals surface area (Å²) in [6.45, 7) is 5.77. The minimum absolute atomic E-state index is 0.0119. The van der Waals surface area contributed by atoms with Gasteiger partial charge in [-0.2, -0.15) is 0 Å². The molecule has 3 aromatic rings. The van der Waals surface area contributed by atoms with Crippen LogP contribution in [0.25, 0.3) is 11.3 Å². The van der Waals surface area contributed by atoms with E-state index >= 15 is 0 Å². The second kappa shape index (κ2) is 11.5. The molecule has 3 fully saturated rings.